The number of nitrogens with zero attached hydrogens (tertiary/aromatic N) is 1. The van der Waals surface area contributed by atoms with Crippen molar-refractivity contribution < 1.29 is 14.3 Å². The van der Waals surface area contributed by atoms with E-state index in [-0.39, 0.29) is 18.4 Å². The van der Waals surface area contributed by atoms with E-state index in [0.29, 0.717) is 22.4 Å². The van der Waals surface area contributed by atoms with Crippen LogP contribution in [0.4, 0.5) is 5.13 Å². The average molecular weight is 373 g/mol. The largest absolute Gasteiger partial charge is 0.497 e. The lowest BCUT2D eigenvalue weighted by Crippen LogP contribution is -2.32. The van der Waals surface area contributed by atoms with Crippen molar-refractivity contribution in [3.63, 3.8) is 0 Å². The molecule has 0 aliphatic heterocycles. The van der Waals surface area contributed by atoms with Gasteiger partial charge in [0.05, 0.1) is 19.3 Å². The highest BCUT2D eigenvalue weighted by Gasteiger charge is 2.18. The Labute approximate surface area is 157 Å². The smallest absolute Gasteiger partial charge is 0.251 e. The summed E-state index contributed by atoms with van der Waals surface area (Å²) in [6.07, 6.45) is 6.16. The highest BCUT2D eigenvalue weighted by atomic mass is 32.1. The highest BCUT2D eigenvalue weighted by molar-refractivity contribution is 7.13. The van der Waals surface area contributed by atoms with Gasteiger partial charge in [0.1, 0.15) is 5.75 Å². The Balaban J connectivity index is 1.47. The number of methoxy groups -OCH3 is 1. The Bertz CT molecular complexity index is 752. The molecule has 1 aliphatic rings. The van der Waals surface area contributed by atoms with E-state index in [1.165, 1.54) is 43.4 Å². The minimum Gasteiger partial charge on any atom is -0.497 e. The fourth-order valence-electron chi connectivity index (χ4n) is 3.10. The molecule has 0 bridgehead atoms. The third kappa shape index (κ3) is 4.82. The number of anilines is 1. The molecular weight excluding hydrogens is 350 g/mol. The number of hydrogen-bond donors (Lipinski definition) is 2. The van der Waals surface area contributed by atoms with Crippen molar-refractivity contribution in [2.24, 2.45) is 0 Å². The van der Waals surface area contributed by atoms with Crippen LogP contribution < -0.4 is 15.4 Å². The van der Waals surface area contributed by atoms with Crippen LogP contribution in [0.1, 0.15) is 54.1 Å². The van der Waals surface area contributed by atoms with Crippen LogP contribution in [-0.2, 0) is 4.79 Å². The number of aromatic nitrogens is 1. The molecule has 1 heterocycles. The molecule has 0 saturated heterocycles. The van der Waals surface area contributed by atoms with E-state index in [1.807, 2.05) is 5.38 Å². The number of hydrogen-bond acceptors (Lipinski definition) is 5. The molecule has 0 atom stereocenters. The molecule has 1 aromatic heterocycles. The SMILES string of the molecule is COc1ccc(C(=O)NCC(=O)Nc2nc(C3CCCCC3)cs2)cc1. The molecule has 1 saturated carbocycles. The summed E-state index contributed by atoms with van der Waals surface area (Å²) in [7, 11) is 1.57. The Morgan fingerprint density at radius 2 is 1.92 bits per heavy atom. The van der Waals surface area contributed by atoms with Crippen LogP contribution in [0.3, 0.4) is 0 Å². The summed E-state index contributed by atoms with van der Waals surface area (Å²) in [5.74, 6) is 0.610. The van der Waals surface area contributed by atoms with Crippen molar-refractivity contribution in [3.05, 3.63) is 40.9 Å². The van der Waals surface area contributed by atoms with Crippen LogP contribution in [0.25, 0.3) is 0 Å². The van der Waals surface area contributed by atoms with Gasteiger partial charge in [-0.15, -0.1) is 11.3 Å². The van der Waals surface area contributed by atoms with Gasteiger partial charge in [-0.2, -0.15) is 0 Å². The van der Waals surface area contributed by atoms with Gasteiger partial charge in [-0.1, -0.05) is 19.3 Å². The van der Waals surface area contributed by atoms with Crippen LogP contribution in [0.2, 0.25) is 0 Å². The molecule has 138 valence electrons. The second kappa shape index (κ2) is 8.80. The van der Waals surface area contributed by atoms with Gasteiger partial charge in [-0.25, -0.2) is 4.98 Å². The predicted octanol–water partition coefficient (Wildman–Crippen LogP) is 3.57. The standard InChI is InChI=1S/C19H23N3O3S/c1-25-15-9-7-14(8-10-15)18(24)20-11-17(23)22-19-21-16(12-26-19)13-5-3-2-4-6-13/h7-10,12-13H,2-6,11H2,1H3,(H,20,24)(H,21,22,23). The van der Waals surface area contributed by atoms with E-state index in [0.717, 1.165) is 5.69 Å². The zero-order valence-corrected chi connectivity index (χ0v) is 15.6. The van der Waals surface area contributed by atoms with Crippen LogP contribution in [0, 0.1) is 0 Å². The number of rotatable bonds is 6. The molecule has 1 aliphatic carbocycles. The minimum atomic E-state index is -0.301. The van der Waals surface area contributed by atoms with Gasteiger partial charge in [0, 0.05) is 16.9 Å². The number of thiazole rings is 1. The van der Waals surface area contributed by atoms with Gasteiger partial charge >= 0.3 is 0 Å². The molecule has 1 fully saturated rings. The number of nitrogens with one attached hydrogen (secondary N) is 2. The highest BCUT2D eigenvalue weighted by Crippen LogP contribution is 2.33. The predicted molar refractivity (Wildman–Crippen MR) is 102 cm³/mol. The summed E-state index contributed by atoms with van der Waals surface area (Å²) in [6.45, 7) is -0.0940. The monoisotopic (exact) mass is 373 g/mol. The second-order valence-electron chi connectivity index (χ2n) is 6.37. The summed E-state index contributed by atoms with van der Waals surface area (Å²) in [5, 5.41) is 7.99. The lowest BCUT2D eigenvalue weighted by molar-refractivity contribution is -0.115. The van der Waals surface area contributed by atoms with Crippen LogP contribution in [0.15, 0.2) is 29.6 Å². The van der Waals surface area contributed by atoms with Gasteiger partial charge in [0.15, 0.2) is 5.13 Å². The maximum atomic E-state index is 12.1. The van der Waals surface area contributed by atoms with Crippen molar-refractivity contribution in [2.45, 2.75) is 38.0 Å². The first kappa shape index (κ1) is 18.4. The van der Waals surface area contributed by atoms with E-state index >= 15 is 0 Å². The lowest BCUT2D eigenvalue weighted by Gasteiger charge is -2.19. The van der Waals surface area contributed by atoms with E-state index in [4.69, 9.17) is 4.74 Å². The van der Waals surface area contributed by atoms with E-state index in [9.17, 15) is 9.59 Å². The fraction of sp³-hybridized carbons (Fsp3) is 0.421. The van der Waals surface area contributed by atoms with E-state index < -0.39 is 0 Å². The molecule has 1 aromatic carbocycles. The molecule has 0 radical (unpaired) electrons. The molecular formula is C19H23N3O3S. The number of ether oxygens (including phenoxy) is 1. The molecule has 2 N–H and O–H groups in total. The zero-order chi connectivity index (χ0) is 18.4. The molecule has 26 heavy (non-hydrogen) atoms. The molecule has 3 rings (SSSR count). The Hall–Kier alpha value is -2.41. The molecule has 7 heteroatoms. The average Bonchev–Trinajstić information content (AvgIpc) is 3.15. The summed E-state index contributed by atoms with van der Waals surface area (Å²) < 4.78 is 5.06. The Kier molecular flexibility index (Phi) is 6.22. The first-order chi connectivity index (χ1) is 12.7. The van der Waals surface area contributed by atoms with Crippen LogP contribution in [-0.4, -0.2) is 30.5 Å². The third-order valence-corrected chi connectivity index (χ3v) is 5.33. The summed E-state index contributed by atoms with van der Waals surface area (Å²) in [4.78, 5) is 28.7. The number of carbonyl (C=O) groups excluding carboxylic acids is 2. The molecule has 0 unspecified atom stereocenters. The maximum Gasteiger partial charge on any atom is 0.251 e. The van der Waals surface area contributed by atoms with Gasteiger partial charge in [0.2, 0.25) is 5.91 Å². The Morgan fingerprint density at radius 1 is 1.19 bits per heavy atom. The number of carbonyl (C=O) groups is 2. The molecule has 2 aromatic rings. The second-order valence-corrected chi connectivity index (χ2v) is 7.23. The van der Waals surface area contributed by atoms with Gasteiger partial charge in [-0.3, -0.25) is 9.59 Å². The third-order valence-electron chi connectivity index (χ3n) is 4.55. The number of amides is 2. The summed E-state index contributed by atoms with van der Waals surface area (Å²) in [6, 6.07) is 6.72. The van der Waals surface area contributed by atoms with E-state index in [2.05, 4.69) is 15.6 Å². The van der Waals surface area contributed by atoms with Gasteiger partial charge in [-0.05, 0) is 37.1 Å². The lowest BCUT2D eigenvalue weighted by atomic mass is 9.87. The summed E-state index contributed by atoms with van der Waals surface area (Å²) in [5.41, 5.74) is 1.56. The van der Waals surface area contributed by atoms with Crippen molar-refractivity contribution in [1.29, 1.82) is 0 Å². The quantitative estimate of drug-likeness (QED) is 0.811. The minimum absolute atomic E-state index is 0.0940. The van der Waals surface area contributed by atoms with Crippen LogP contribution in [0.5, 0.6) is 5.75 Å². The number of benzene rings is 1. The van der Waals surface area contributed by atoms with Crippen LogP contribution >= 0.6 is 11.3 Å². The Morgan fingerprint density at radius 3 is 2.62 bits per heavy atom. The fourth-order valence-corrected chi connectivity index (χ4v) is 3.91. The van der Waals surface area contributed by atoms with E-state index in [1.54, 1.807) is 31.4 Å². The topological polar surface area (TPSA) is 80.3 Å². The summed E-state index contributed by atoms with van der Waals surface area (Å²) >= 11 is 1.44. The first-order valence-electron chi connectivity index (χ1n) is 8.83. The van der Waals surface area contributed by atoms with Gasteiger partial charge < -0.3 is 15.4 Å². The van der Waals surface area contributed by atoms with Crippen molar-refractivity contribution in [2.75, 3.05) is 19.0 Å². The molecule has 2 amide bonds. The first-order valence-corrected chi connectivity index (χ1v) is 9.71. The molecule has 0 spiro atoms. The van der Waals surface area contributed by atoms with Crippen molar-refractivity contribution in [1.82, 2.24) is 10.3 Å². The molecule has 6 nitrogen and oxygen atoms in total. The van der Waals surface area contributed by atoms with Crippen molar-refractivity contribution in [3.8, 4) is 5.75 Å². The maximum absolute atomic E-state index is 12.1. The van der Waals surface area contributed by atoms with Gasteiger partial charge in [0.25, 0.3) is 5.91 Å². The zero-order valence-electron chi connectivity index (χ0n) is 14.8. The normalized spacial score (nSPS) is 14.7. The van der Waals surface area contributed by atoms with Crippen molar-refractivity contribution >= 4 is 28.3 Å².